The molecule has 124 valence electrons. The number of rotatable bonds is 4. The largest absolute Gasteiger partial charge is 0.467 e. The lowest BCUT2D eigenvalue weighted by atomic mass is 10.1. The molecular weight excluding hydrogens is 313 g/mol. The highest BCUT2D eigenvalue weighted by atomic mass is 19.1. The topological polar surface area (TPSA) is 73.6 Å². The maximum atomic E-state index is 13.8. The highest BCUT2D eigenvalue weighted by molar-refractivity contribution is 5.46. The number of halogens is 1. The summed E-state index contributed by atoms with van der Waals surface area (Å²) in [5.74, 6) is 1.78. The Balaban J connectivity index is 1.53. The smallest absolute Gasteiger partial charge is 0.254 e. The van der Waals surface area contributed by atoms with Gasteiger partial charge in [0.2, 0.25) is 0 Å². The van der Waals surface area contributed by atoms with Gasteiger partial charge in [-0.25, -0.2) is 9.37 Å². The minimum atomic E-state index is -0.281. The van der Waals surface area contributed by atoms with Crippen LogP contribution in [-0.4, -0.2) is 32.9 Å². The Morgan fingerprint density at radius 2 is 2.25 bits per heavy atom. The second-order valence-corrected chi connectivity index (χ2v) is 5.60. The fraction of sp³-hybridized carbons (Fsp3) is 0.312. The number of nitrogens with one attached hydrogen (secondary N) is 1. The van der Waals surface area contributed by atoms with Crippen LogP contribution in [0, 0.1) is 12.7 Å². The number of anilines is 1. The second-order valence-electron chi connectivity index (χ2n) is 5.60. The van der Waals surface area contributed by atoms with E-state index in [-0.39, 0.29) is 12.6 Å². The molecule has 0 saturated heterocycles. The Hall–Kier alpha value is -2.74. The van der Waals surface area contributed by atoms with E-state index in [1.165, 1.54) is 18.5 Å². The lowest BCUT2D eigenvalue weighted by molar-refractivity contribution is -0.0172. The van der Waals surface area contributed by atoms with Gasteiger partial charge in [-0.2, -0.15) is 14.6 Å². The van der Waals surface area contributed by atoms with Crippen LogP contribution in [0.2, 0.25) is 0 Å². The standard InChI is InChI=1S/C16H16FN5O2/c1-10-4-14(22-16(21-10)19-8-20-22)18-3-2-11-5-13(17)6-12-7-23-9-24-15(11)12/h4-6,8,18H,2-3,7,9H2,1H3. The number of nitrogens with zero attached hydrogens (tertiary/aromatic N) is 4. The van der Waals surface area contributed by atoms with E-state index in [1.54, 1.807) is 4.52 Å². The predicted molar refractivity (Wildman–Crippen MR) is 84.4 cm³/mol. The van der Waals surface area contributed by atoms with E-state index in [0.29, 0.717) is 25.4 Å². The molecule has 1 aliphatic rings. The zero-order chi connectivity index (χ0) is 16.5. The Morgan fingerprint density at radius 1 is 1.33 bits per heavy atom. The van der Waals surface area contributed by atoms with E-state index < -0.39 is 0 Å². The van der Waals surface area contributed by atoms with Crippen LogP contribution < -0.4 is 10.1 Å². The first-order valence-corrected chi connectivity index (χ1v) is 7.64. The van der Waals surface area contributed by atoms with Crippen molar-refractivity contribution in [2.24, 2.45) is 0 Å². The Labute approximate surface area is 137 Å². The third kappa shape index (κ3) is 2.76. The van der Waals surface area contributed by atoms with E-state index in [1.807, 2.05) is 13.0 Å². The summed E-state index contributed by atoms with van der Waals surface area (Å²) in [5, 5.41) is 7.45. The van der Waals surface area contributed by atoms with E-state index in [0.717, 1.165) is 28.4 Å². The third-order valence-electron chi connectivity index (χ3n) is 3.83. The van der Waals surface area contributed by atoms with Crippen LogP contribution in [0.25, 0.3) is 5.78 Å². The zero-order valence-electron chi connectivity index (χ0n) is 13.1. The molecule has 7 nitrogen and oxygen atoms in total. The molecule has 8 heteroatoms. The first kappa shape index (κ1) is 14.8. The van der Waals surface area contributed by atoms with E-state index in [9.17, 15) is 4.39 Å². The molecule has 1 N–H and O–H groups in total. The molecule has 0 saturated carbocycles. The van der Waals surface area contributed by atoms with Gasteiger partial charge in [0.25, 0.3) is 5.78 Å². The Bertz CT molecular complexity index is 896. The van der Waals surface area contributed by atoms with Crippen molar-refractivity contribution in [2.45, 2.75) is 20.0 Å². The van der Waals surface area contributed by atoms with Gasteiger partial charge in [0, 0.05) is 23.9 Å². The molecule has 3 aromatic rings. The molecule has 3 heterocycles. The van der Waals surface area contributed by atoms with Crippen LogP contribution in [-0.2, 0) is 17.8 Å². The van der Waals surface area contributed by atoms with Crippen molar-refractivity contribution in [3.05, 3.63) is 47.2 Å². The summed E-state index contributed by atoms with van der Waals surface area (Å²) >= 11 is 0. The third-order valence-corrected chi connectivity index (χ3v) is 3.83. The van der Waals surface area contributed by atoms with E-state index >= 15 is 0 Å². The van der Waals surface area contributed by atoms with Gasteiger partial charge >= 0.3 is 0 Å². The number of hydrogen-bond acceptors (Lipinski definition) is 6. The molecule has 0 bridgehead atoms. The van der Waals surface area contributed by atoms with Gasteiger partial charge in [-0.05, 0) is 31.0 Å². The van der Waals surface area contributed by atoms with Crippen LogP contribution in [0.1, 0.15) is 16.8 Å². The molecule has 0 spiro atoms. The predicted octanol–water partition coefficient (Wildman–Crippen LogP) is 2.09. The molecule has 24 heavy (non-hydrogen) atoms. The molecule has 0 radical (unpaired) electrons. The minimum absolute atomic E-state index is 0.197. The number of aromatic nitrogens is 4. The quantitative estimate of drug-likeness (QED) is 0.790. The van der Waals surface area contributed by atoms with Crippen LogP contribution >= 0.6 is 0 Å². The van der Waals surface area contributed by atoms with Gasteiger partial charge in [-0.1, -0.05) is 0 Å². The first-order valence-electron chi connectivity index (χ1n) is 7.64. The van der Waals surface area contributed by atoms with Crippen molar-refractivity contribution in [3.8, 4) is 5.75 Å². The van der Waals surface area contributed by atoms with Crippen molar-refractivity contribution >= 4 is 11.6 Å². The lowest BCUT2D eigenvalue weighted by Crippen LogP contribution is -2.16. The molecule has 4 rings (SSSR count). The summed E-state index contributed by atoms with van der Waals surface area (Å²) in [6, 6.07) is 4.86. The fourth-order valence-corrected chi connectivity index (χ4v) is 2.82. The van der Waals surface area contributed by atoms with Crippen molar-refractivity contribution in [2.75, 3.05) is 18.7 Å². The summed E-state index contributed by atoms with van der Waals surface area (Å²) < 4.78 is 26.1. The maximum Gasteiger partial charge on any atom is 0.254 e. The molecule has 0 aliphatic carbocycles. The Kier molecular flexibility index (Phi) is 3.73. The molecule has 0 unspecified atom stereocenters. The van der Waals surface area contributed by atoms with E-state index in [4.69, 9.17) is 9.47 Å². The van der Waals surface area contributed by atoms with Gasteiger partial charge < -0.3 is 14.8 Å². The summed E-state index contributed by atoms with van der Waals surface area (Å²) in [4.78, 5) is 8.39. The van der Waals surface area contributed by atoms with Crippen molar-refractivity contribution in [3.63, 3.8) is 0 Å². The minimum Gasteiger partial charge on any atom is -0.467 e. The maximum absolute atomic E-state index is 13.8. The first-order chi connectivity index (χ1) is 11.7. The molecule has 0 amide bonds. The average Bonchev–Trinajstić information content (AvgIpc) is 3.03. The number of fused-ring (bicyclic) bond motifs is 2. The summed E-state index contributed by atoms with van der Waals surface area (Å²) in [6.07, 6.45) is 2.07. The summed E-state index contributed by atoms with van der Waals surface area (Å²) in [6.45, 7) is 3.06. The second kappa shape index (κ2) is 6.04. The van der Waals surface area contributed by atoms with Crippen molar-refractivity contribution in [1.82, 2.24) is 19.6 Å². The molecule has 1 aromatic carbocycles. The van der Waals surface area contributed by atoms with Gasteiger partial charge in [-0.15, -0.1) is 0 Å². The SMILES string of the molecule is Cc1cc(NCCc2cc(F)cc3c2OCOC3)n2ncnc2n1. The number of aryl methyl sites for hydroxylation is 1. The number of hydrogen-bond donors (Lipinski definition) is 1. The van der Waals surface area contributed by atoms with Crippen LogP contribution in [0.5, 0.6) is 5.75 Å². The number of benzene rings is 1. The van der Waals surface area contributed by atoms with Crippen LogP contribution in [0.3, 0.4) is 0 Å². The molecule has 0 fully saturated rings. The summed E-state index contributed by atoms with van der Waals surface area (Å²) in [7, 11) is 0. The molecule has 1 aliphatic heterocycles. The number of ether oxygens (including phenoxy) is 2. The van der Waals surface area contributed by atoms with Crippen molar-refractivity contribution in [1.29, 1.82) is 0 Å². The van der Waals surface area contributed by atoms with Gasteiger partial charge in [-0.3, -0.25) is 0 Å². The fourth-order valence-electron chi connectivity index (χ4n) is 2.82. The normalized spacial score (nSPS) is 13.6. The molecule has 2 aromatic heterocycles. The average molecular weight is 329 g/mol. The highest BCUT2D eigenvalue weighted by Crippen LogP contribution is 2.29. The van der Waals surface area contributed by atoms with Gasteiger partial charge in [0.1, 0.15) is 23.7 Å². The van der Waals surface area contributed by atoms with Gasteiger partial charge in [0.05, 0.1) is 6.61 Å². The monoisotopic (exact) mass is 329 g/mol. The zero-order valence-corrected chi connectivity index (χ0v) is 13.1. The van der Waals surface area contributed by atoms with Gasteiger partial charge in [0.15, 0.2) is 6.79 Å². The van der Waals surface area contributed by atoms with Crippen LogP contribution in [0.15, 0.2) is 24.5 Å². The molecule has 0 atom stereocenters. The van der Waals surface area contributed by atoms with Crippen LogP contribution in [0.4, 0.5) is 10.2 Å². The Morgan fingerprint density at radius 3 is 3.17 bits per heavy atom. The van der Waals surface area contributed by atoms with E-state index in [2.05, 4.69) is 20.4 Å². The molecular formula is C16H16FN5O2. The lowest BCUT2D eigenvalue weighted by Gasteiger charge is -2.21. The highest BCUT2D eigenvalue weighted by Gasteiger charge is 2.16. The van der Waals surface area contributed by atoms with Crippen molar-refractivity contribution < 1.29 is 13.9 Å². The summed E-state index contributed by atoms with van der Waals surface area (Å²) in [5.41, 5.74) is 2.41.